The zero-order chi connectivity index (χ0) is 17.5. The lowest BCUT2D eigenvalue weighted by Crippen LogP contribution is -2.41. The summed E-state index contributed by atoms with van der Waals surface area (Å²) in [6, 6.07) is 8.58. The van der Waals surface area contributed by atoms with Crippen LogP contribution in [-0.4, -0.2) is 18.3 Å². The van der Waals surface area contributed by atoms with Crippen LogP contribution in [-0.2, 0) is 9.31 Å². The minimum absolute atomic E-state index is 0.169. The molecular formula is C18H19BF2O2S. The van der Waals surface area contributed by atoms with Crippen LogP contribution in [0.25, 0.3) is 16.5 Å². The normalized spacial score (nSPS) is 19.8. The largest absolute Gasteiger partial charge is 0.525 e. The van der Waals surface area contributed by atoms with Gasteiger partial charge in [0.1, 0.15) is 11.5 Å². The minimum atomic E-state index is -1.12. The van der Waals surface area contributed by atoms with Gasteiger partial charge in [-0.05, 0) is 56.8 Å². The Morgan fingerprint density at radius 1 is 1.12 bits per heavy atom. The fourth-order valence-corrected chi connectivity index (χ4v) is 3.14. The molecule has 0 spiro atoms. The van der Waals surface area contributed by atoms with Crippen LogP contribution in [0.1, 0.15) is 33.3 Å². The third-order valence-electron chi connectivity index (χ3n) is 4.58. The Morgan fingerprint density at radius 2 is 1.79 bits per heavy atom. The van der Waals surface area contributed by atoms with Crippen LogP contribution in [0.5, 0.6) is 0 Å². The lowest BCUT2D eigenvalue weighted by Gasteiger charge is -2.32. The first-order valence-electron chi connectivity index (χ1n) is 7.76. The van der Waals surface area contributed by atoms with Gasteiger partial charge in [0.15, 0.2) is 0 Å². The molecule has 3 rings (SSSR count). The van der Waals surface area contributed by atoms with E-state index in [1.807, 2.05) is 45.2 Å². The molecular weight excluding hydrogens is 329 g/mol. The second-order valence-corrected chi connectivity index (χ2v) is 7.78. The summed E-state index contributed by atoms with van der Waals surface area (Å²) in [4.78, 5) is 0.968. The van der Waals surface area contributed by atoms with Crippen LogP contribution in [0.3, 0.4) is 0 Å². The van der Waals surface area contributed by atoms with Gasteiger partial charge in [0.25, 0.3) is 0 Å². The molecule has 0 unspecified atom stereocenters. The second-order valence-electron chi connectivity index (χ2n) is 6.83. The van der Waals surface area contributed by atoms with Crippen molar-refractivity contribution in [1.82, 2.24) is 0 Å². The molecule has 2 aromatic rings. The van der Waals surface area contributed by atoms with Gasteiger partial charge >= 0.3 is 7.12 Å². The maximum absolute atomic E-state index is 14.5. The zero-order valence-electron chi connectivity index (χ0n) is 14.1. The Kier molecular flexibility index (Phi) is 4.40. The molecule has 1 saturated heterocycles. The van der Waals surface area contributed by atoms with Crippen molar-refractivity contribution < 1.29 is 18.1 Å². The van der Waals surface area contributed by atoms with Crippen LogP contribution in [0.15, 0.2) is 41.4 Å². The van der Waals surface area contributed by atoms with E-state index < -0.39 is 29.9 Å². The minimum Gasteiger partial charge on any atom is -0.398 e. The molecule has 0 N–H and O–H groups in total. The summed E-state index contributed by atoms with van der Waals surface area (Å²) in [5.41, 5.74) is -0.968. The van der Waals surface area contributed by atoms with Gasteiger partial charge in [0.05, 0.1) is 11.2 Å². The molecule has 1 aromatic heterocycles. The number of rotatable bonds is 3. The van der Waals surface area contributed by atoms with E-state index in [0.29, 0.717) is 0 Å². The fraction of sp³-hybridized carbons (Fsp3) is 0.333. The van der Waals surface area contributed by atoms with E-state index in [0.717, 1.165) is 16.5 Å². The van der Waals surface area contributed by atoms with Crippen LogP contribution < -0.4 is 0 Å². The molecule has 2 heterocycles. The van der Waals surface area contributed by atoms with E-state index in [1.54, 1.807) is 12.1 Å². The van der Waals surface area contributed by atoms with Crippen molar-refractivity contribution in [3.05, 3.63) is 52.8 Å². The monoisotopic (exact) mass is 348 g/mol. The summed E-state index contributed by atoms with van der Waals surface area (Å²) < 4.78 is 40.1. The average molecular weight is 348 g/mol. The molecule has 1 aliphatic rings. The van der Waals surface area contributed by atoms with Crippen molar-refractivity contribution in [3.8, 4) is 10.4 Å². The van der Waals surface area contributed by atoms with Crippen LogP contribution >= 0.6 is 11.3 Å². The Bertz CT molecular complexity index is 753. The molecule has 0 atom stereocenters. The third kappa shape index (κ3) is 3.18. The summed E-state index contributed by atoms with van der Waals surface area (Å²) in [7, 11) is -1.12. The number of hydrogen-bond acceptors (Lipinski definition) is 3. The average Bonchev–Trinajstić information content (AvgIpc) is 3.08. The van der Waals surface area contributed by atoms with Crippen molar-refractivity contribution >= 4 is 24.5 Å². The van der Waals surface area contributed by atoms with E-state index in [-0.39, 0.29) is 5.56 Å². The van der Waals surface area contributed by atoms with Crippen molar-refractivity contribution in [2.75, 3.05) is 0 Å². The number of benzene rings is 1. The van der Waals surface area contributed by atoms with E-state index in [2.05, 4.69) is 0 Å². The summed E-state index contributed by atoms with van der Waals surface area (Å²) in [5.74, 6) is -0.479. The molecule has 126 valence electrons. The Labute approximate surface area is 145 Å². The first-order chi connectivity index (χ1) is 11.2. The molecule has 0 aliphatic carbocycles. The number of halogens is 2. The van der Waals surface area contributed by atoms with Gasteiger partial charge in [-0.2, -0.15) is 0 Å². The quantitative estimate of drug-likeness (QED) is 0.683. The topological polar surface area (TPSA) is 18.5 Å². The van der Waals surface area contributed by atoms with Crippen LogP contribution in [0.2, 0.25) is 0 Å². The molecule has 0 radical (unpaired) electrons. The van der Waals surface area contributed by atoms with Crippen molar-refractivity contribution in [1.29, 1.82) is 0 Å². The molecule has 1 aromatic carbocycles. The molecule has 2 nitrogen and oxygen atoms in total. The van der Waals surface area contributed by atoms with Crippen molar-refractivity contribution in [3.63, 3.8) is 0 Å². The first kappa shape index (κ1) is 17.3. The van der Waals surface area contributed by atoms with Gasteiger partial charge in [-0.3, -0.25) is 0 Å². The summed E-state index contributed by atoms with van der Waals surface area (Å²) >= 11 is 1.53. The maximum Gasteiger partial charge on any atom is 0.525 e. The fourth-order valence-electron chi connectivity index (χ4n) is 2.41. The SMILES string of the molecule is CC1(C)OB(C(F)=Cc2ccc(-c3cccs3)cc2F)OC1(C)C. The highest BCUT2D eigenvalue weighted by atomic mass is 32.1. The first-order valence-corrected chi connectivity index (χ1v) is 8.64. The smallest absolute Gasteiger partial charge is 0.398 e. The summed E-state index contributed by atoms with van der Waals surface area (Å²) in [6.07, 6.45) is 1.13. The highest BCUT2D eigenvalue weighted by molar-refractivity contribution is 7.13. The second kappa shape index (κ2) is 6.10. The van der Waals surface area contributed by atoms with Gasteiger partial charge in [0.2, 0.25) is 0 Å². The highest BCUT2D eigenvalue weighted by Gasteiger charge is 2.53. The lowest BCUT2D eigenvalue weighted by atomic mass is 9.86. The Hall–Kier alpha value is -1.50. The van der Waals surface area contributed by atoms with E-state index in [1.165, 1.54) is 17.4 Å². The third-order valence-corrected chi connectivity index (χ3v) is 5.50. The Balaban J connectivity index is 1.84. The van der Waals surface area contributed by atoms with Gasteiger partial charge in [-0.25, -0.2) is 8.78 Å². The maximum atomic E-state index is 14.5. The number of thiophene rings is 1. The highest BCUT2D eigenvalue weighted by Crippen LogP contribution is 2.39. The molecule has 0 saturated carbocycles. The van der Waals surface area contributed by atoms with Crippen molar-refractivity contribution in [2.45, 2.75) is 38.9 Å². The summed E-state index contributed by atoms with van der Waals surface area (Å²) in [6.45, 7) is 7.38. The summed E-state index contributed by atoms with van der Waals surface area (Å²) in [5, 5.41) is 1.93. The molecule has 1 aliphatic heterocycles. The zero-order valence-corrected chi connectivity index (χ0v) is 14.9. The van der Waals surface area contributed by atoms with Gasteiger partial charge < -0.3 is 9.31 Å². The molecule has 0 bridgehead atoms. The van der Waals surface area contributed by atoms with Gasteiger partial charge in [0, 0.05) is 10.4 Å². The predicted octanol–water partition coefficient (Wildman–Crippen LogP) is 5.50. The van der Waals surface area contributed by atoms with E-state index in [9.17, 15) is 8.78 Å². The van der Waals surface area contributed by atoms with Crippen LogP contribution in [0, 0.1) is 5.82 Å². The standard InChI is InChI=1S/C18H19BF2O2S/c1-17(2)18(3,4)23-19(22-17)16(21)11-12-7-8-13(10-14(12)20)15-6-5-9-24-15/h5-11H,1-4H3. The molecule has 6 heteroatoms. The van der Waals surface area contributed by atoms with E-state index >= 15 is 0 Å². The molecule has 1 fully saturated rings. The predicted molar refractivity (Wildman–Crippen MR) is 94.9 cm³/mol. The molecule has 0 amide bonds. The van der Waals surface area contributed by atoms with E-state index in [4.69, 9.17) is 9.31 Å². The van der Waals surface area contributed by atoms with Gasteiger partial charge in [-0.1, -0.05) is 18.2 Å². The number of hydrogen-bond donors (Lipinski definition) is 0. The van der Waals surface area contributed by atoms with Crippen LogP contribution in [0.4, 0.5) is 8.78 Å². The molecule has 24 heavy (non-hydrogen) atoms. The van der Waals surface area contributed by atoms with Gasteiger partial charge in [-0.15, -0.1) is 11.3 Å². The Morgan fingerprint density at radius 3 is 2.33 bits per heavy atom. The van der Waals surface area contributed by atoms with Crippen molar-refractivity contribution in [2.24, 2.45) is 0 Å². The lowest BCUT2D eigenvalue weighted by molar-refractivity contribution is 0.00578.